The Balaban J connectivity index is 1.86. The van der Waals surface area contributed by atoms with Gasteiger partial charge < -0.3 is 19.9 Å². The molecule has 0 aliphatic heterocycles. The Morgan fingerprint density at radius 3 is 2.55 bits per heavy atom. The fourth-order valence-electron chi connectivity index (χ4n) is 2.67. The Hall–Kier alpha value is -3.22. The van der Waals surface area contributed by atoms with E-state index in [1.54, 1.807) is 19.2 Å². The van der Waals surface area contributed by atoms with E-state index in [0.29, 0.717) is 42.6 Å². The van der Waals surface area contributed by atoms with Gasteiger partial charge in [0.05, 0.1) is 26.5 Å². The number of carbonyl (C=O) groups is 1. The fraction of sp³-hybridized carbons (Fsp3) is 0.364. The van der Waals surface area contributed by atoms with Gasteiger partial charge in [-0.1, -0.05) is 32.0 Å². The molecule has 0 radical (unpaired) electrons. The highest BCUT2D eigenvalue weighted by Crippen LogP contribution is 2.30. The highest BCUT2D eigenvalue weighted by Gasteiger charge is 2.09. The standard InChI is InChI=1S/C22H29N3O4/c1-4-16(2)17-9-11-19(12-10-17)28-13-6-14-29-21-18(15-24-25-22(23)26)7-5-8-20(21)27-3/h5,7-12,15-16H,4,6,13-14H2,1-3H3,(H3,23,25,26)/b24-15-/t16-/m1/s1. The number of hydrogen-bond acceptors (Lipinski definition) is 5. The molecule has 0 aliphatic carbocycles. The van der Waals surface area contributed by atoms with Crippen LogP contribution in [0.25, 0.3) is 0 Å². The minimum absolute atomic E-state index is 0.440. The lowest BCUT2D eigenvalue weighted by molar-refractivity contribution is 0.240. The van der Waals surface area contributed by atoms with E-state index in [4.69, 9.17) is 19.9 Å². The van der Waals surface area contributed by atoms with Crippen LogP contribution in [0.3, 0.4) is 0 Å². The topological polar surface area (TPSA) is 95.2 Å². The van der Waals surface area contributed by atoms with Gasteiger partial charge in [-0.3, -0.25) is 0 Å². The summed E-state index contributed by atoms with van der Waals surface area (Å²) < 4.78 is 17.0. The van der Waals surface area contributed by atoms with Crippen molar-refractivity contribution in [3.8, 4) is 17.2 Å². The molecule has 2 amide bonds. The van der Waals surface area contributed by atoms with E-state index < -0.39 is 6.03 Å². The predicted molar refractivity (Wildman–Crippen MR) is 114 cm³/mol. The molecule has 0 bridgehead atoms. The van der Waals surface area contributed by atoms with Gasteiger partial charge in [0.1, 0.15) is 5.75 Å². The van der Waals surface area contributed by atoms with Crippen LogP contribution in [-0.2, 0) is 0 Å². The zero-order valence-electron chi connectivity index (χ0n) is 17.2. The number of hydrazone groups is 1. The van der Waals surface area contributed by atoms with Crippen LogP contribution in [0.4, 0.5) is 4.79 Å². The van der Waals surface area contributed by atoms with Gasteiger partial charge in [0, 0.05) is 12.0 Å². The highest BCUT2D eigenvalue weighted by molar-refractivity contribution is 5.86. The molecule has 7 nitrogen and oxygen atoms in total. The summed E-state index contributed by atoms with van der Waals surface area (Å²) in [5, 5.41) is 3.78. The number of rotatable bonds is 11. The van der Waals surface area contributed by atoms with Gasteiger partial charge in [-0.15, -0.1) is 0 Å². The van der Waals surface area contributed by atoms with Crippen molar-refractivity contribution in [2.45, 2.75) is 32.6 Å². The van der Waals surface area contributed by atoms with Crippen molar-refractivity contribution in [3.05, 3.63) is 53.6 Å². The summed E-state index contributed by atoms with van der Waals surface area (Å²) in [6.45, 7) is 5.37. The van der Waals surface area contributed by atoms with Crippen molar-refractivity contribution >= 4 is 12.2 Å². The van der Waals surface area contributed by atoms with Crippen LogP contribution in [-0.4, -0.2) is 32.6 Å². The summed E-state index contributed by atoms with van der Waals surface area (Å²) in [4.78, 5) is 10.8. The third-order valence-corrected chi connectivity index (χ3v) is 4.47. The van der Waals surface area contributed by atoms with Crippen molar-refractivity contribution < 1.29 is 19.0 Å². The maximum absolute atomic E-state index is 10.8. The molecule has 0 unspecified atom stereocenters. The number of methoxy groups -OCH3 is 1. The molecular weight excluding hydrogens is 370 g/mol. The van der Waals surface area contributed by atoms with Crippen LogP contribution in [0, 0.1) is 0 Å². The number of hydrogen-bond donors (Lipinski definition) is 2. The quantitative estimate of drug-likeness (QED) is 0.338. The lowest BCUT2D eigenvalue weighted by Gasteiger charge is -2.14. The molecule has 0 saturated heterocycles. The molecule has 0 aliphatic rings. The molecule has 0 fully saturated rings. The number of carbonyl (C=O) groups excluding carboxylic acids is 1. The van der Waals surface area contributed by atoms with E-state index in [1.807, 2.05) is 18.2 Å². The summed E-state index contributed by atoms with van der Waals surface area (Å²) in [5.41, 5.74) is 9.15. The minimum atomic E-state index is -0.735. The second-order valence-electron chi connectivity index (χ2n) is 6.54. The molecular formula is C22H29N3O4. The number of benzene rings is 2. The van der Waals surface area contributed by atoms with E-state index in [9.17, 15) is 4.79 Å². The molecule has 2 aromatic carbocycles. The number of para-hydroxylation sites is 1. The van der Waals surface area contributed by atoms with Gasteiger partial charge in [-0.2, -0.15) is 5.10 Å². The average Bonchev–Trinajstić information content (AvgIpc) is 2.73. The molecule has 0 heterocycles. The third kappa shape index (κ3) is 7.03. The van der Waals surface area contributed by atoms with Gasteiger partial charge >= 0.3 is 6.03 Å². The number of nitrogens with two attached hydrogens (primary N) is 1. The fourth-order valence-corrected chi connectivity index (χ4v) is 2.67. The summed E-state index contributed by atoms with van der Waals surface area (Å²) in [7, 11) is 1.57. The van der Waals surface area contributed by atoms with Gasteiger partial charge in [0.2, 0.25) is 0 Å². The normalized spacial score (nSPS) is 11.8. The van der Waals surface area contributed by atoms with Crippen molar-refractivity contribution in [1.29, 1.82) is 0 Å². The average molecular weight is 399 g/mol. The summed E-state index contributed by atoms with van der Waals surface area (Å²) in [6, 6.07) is 12.9. The molecule has 0 aromatic heterocycles. The Morgan fingerprint density at radius 1 is 1.17 bits per heavy atom. The van der Waals surface area contributed by atoms with Crippen LogP contribution in [0.15, 0.2) is 47.6 Å². The first-order chi connectivity index (χ1) is 14.0. The Labute approximate surface area is 171 Å². The number of urea groups is 1. The molecule has 0 spiro atoms. The predicted octanol–water partition coefficient (Wildman–Crippen LogP) is 4.06. The molecule has 1 atom stereocenters. The largest absolute Gasteiger partial charge is 0.493 e. The van der Waals surface area contributed by atoms with Gasteiger partial charge in [-0.25, -0.2) is 10.2 Å². The minimum Gasteiger partial charge on any atom is -0.493 e. The van der Waals surface area contributed by atoms with Crippen molar-refractivity contribution in [1.82, 2.24) is 5.43 Å². The van der Waals surface area contributed by atoms with E-state index in [-0.39, 0.29) is 0 Å². The number of ether oxygens (including phenoxy) is 3. The smallest absolute Gasteiger partial charge is 0.332 e. The molecule has 156 valence electrons. The zero-order chi connectivity index (χ0) is 21.1. The number of primary amides is 1. The zero-order valence-corrected chi connectivity index (χ0v) is 17.2. The Bertz CT molecular complexity index is 806. The maximum atomic E-state index is 10.8. The first kappa shape index (κ1) is 22.1. The monoisotopic (exact) mass is 399 g/mol. The molecule has 3 N–H and O–H groups in total. The molecule has 29 heavy (non-hydrogen) atoms. The summed E-state index contributed by atoms with van der Waals surface area (Å²) >= 11 is 0. The highest BCUT2D eigenvalue weighted by atomic mass is 16.5. The van der Waals surface area contributed by atoms with Crippen LogP contribution in [0.1, 0.15) is 43.7 Å². The van der Waals surface area contributed by atoms with Gasteiger partial charge in [-0.05, 0) is 42.2 Å². The molecule has 2 aromatic rings. The van der Waals surface area contributed by atoms with Crippen LogP contribution >= 0.6 is 0 Å². The van der Waals surface area contributed by atoms with E-state index in [2.05, 4.69) is 36.5 Å². The number of nitrogens with one attached hydrogen (secondary N) is 1. The maximum Gasteiger partial charge on any atom is 0.332 e. The second-order valence-corrected chi connectivity index (χ2v) is 6.54. The van der Waals surface area contributed by atoms with E-state index in [0.717, 1.165) is 12.2 Å². The second kappa shape index (κ2) is 11.6. The van der Waals surface area contributed by atoms with Crippen LogP contribution in [0.5, 0.6) is 17.2 Å². The summed E-state index contributed by atoms with van der Waals surface area (Å²) in [5.74, 6) is 2.52. The first-order valence-electron chi connectivity index (χ1n) is 9.66. The SMILES string of the molecule is CC[C@@H](C)c1ccc(OCCCOc2c(/C=N\NC(N)=O)cccc2OC)cc1. The number of nitrogens with zero attached hydrogens (tertiary/aromatic N) is 1. The van der Waals surface area contributed by atoms with Crippen molar-refractivity contribution in [3.63, 3.8) is 0 Å². The van der Waals surface area contributed by atoms with E-state index >= 15 is 0 Å². The van der Waals surface area contributed by atoms with Crippen molar-refractivity contribution in [2.75, 3.05) is 20.3 Å². The molecule has 7 heteroatoms. The number of amides is 2. The lowest BCUT2D eigenvalue weighted by atomic mass is 9.99. The van der Waals surface area contributed by atoms with Crippen molar-refractivity contribution in [2.24, 2.45) is 10.8 Å². The van der Waals surface area contributed by atoms with Gasteiger partial charge in [0.25, 0.3) is 0 Å². The van der Waals surface area contributed by atoms with Crippen LogP contribution < -0.4 is 25.4 Å². The van der Waals surface area contributed by atoms with Gasteiger partial charge in [0.15, 0.2) is 11.5 Å². The summed E-state index contributed by atoms with van der Waals surface area (Å²) in [6.07, 6.45) is 3.27. The Morgan fingerprint density at radius 2 is 1.90 bits per heavy atom. The first-order valence-corrected chi connectivity index (χ1v) is 9.66. The Kier molecular flexibility index (Phi) is 8.82. The third-order valence-electron chi connectivity index (χ3n) is 4.47. The van der Waals surface area contributed by atoms with Crippen LogP contribution in [0.2, 0.25) is 0 Å². The molecule has 0 saturated carbocycles. The lowest BCUT2D eigenvalue weighted by Crippen LogP contribution is -2.24. The van der Waals surface area contributed by atoms with E-state index in [1.165, 1.54) is 11.8 Å². The molecule has 2 rings (SSSR count).